The van der Waals surface area contributed by atoms with E-state index in [2.05, 4.69) is 5.32 Å². The molecule has 0 spiro atoms. The second-order valence-corrected chi connectivity index (χ2v) is 4.56. The zero-order valence-corrected chi connectivity index (χ0v) is 11.9. The topological polar surface area (TPSA) is 38.3 Å². The monoisotopic (exact) mass is 285 g/mol. The first kappa shape index (κ1) is 14.8. The van der Waals surface area contributed by atoms with Gasteiger partial charge in [0, 0.05) is 11.8 Å². The maximum absolute atomic E-state index is 13.4. The molecule has 0 saturated carbocycles. The number of carbonyl (C=O) groups excluding carboxylic acids is 1. The van der Waals surface area contributed by atoms with Crippen LogP contribution in [0.1, 0.15) is 11.1 Å². The maximum atomic E-state index is 13.4. The number of rotatable bonds is 4. The number of halogens is 1. The normalized spacial score (nSPS) is 10.6. The standard InChI is InChI=1S/C17H16FNO2/c1-12-6-8-14(11-16(12)18)19-17(20)9-7-13-4-3-5-15(10-13)21-2/h3-11H,1-2H3,(H,19,20)/b9-7+. The number of hydrogen-bond donors (Lipinski definition) is 1. The van der Waals surface area contributed by atoms with Crippen LogP contribution in [0.5, 0.6) is 5.75 Å². The summed E-state index contributed by atoms with van der Waals surface area (Å²) in [5.74, 6) is 0.0591. The first-order chi connectivity index (χ1) is 10.1. The van der Waals surface area contributed by atoms with Gasteiger partial charge in [0.15, 0.2) is 0 Å². The Morgan fingerprint density at radius 1 is 1.24 bits per heavy atom. The Kier molecular flexibility index (Phi) is 4.72. The minimum atomic E-state index is -0.343. The lowest BCUT2D eigenvalue weighted by Crippen LogP contribution is -2.08. The van der Waals surface area contributed by atoms with Crippen molar-refractivity contribution < 1.29 is 13.9 Å². The van der Waals surface area contributed by atoms with Gasteiger partial charge in [-0.25, -0.2) is 4.39 Å². The third-order valence-corrected chi connectivity index (χ3v) is 2.96. The quantitative estimate of drug-likeness (QED) is 0.868. The Balaban J connectivity index is 2.03. The van der Waals surface area contributed by atoms with Crippen LogP contribution in [0.3, 0.4) is 0 Å². The number of benzene rings is 2. The molecule has 3 nitrogen and oxygen atoms in total. The van der Waals surface area contributed by atoms with Crippen molar-refractivity contribution in [2.24, 2.45) is 0 Å². The highest BCUT2D eigenvalue weighted by atomic mass is 19.1. The molecule has 0 heterocycles. The van der Waals surface area contributed by atoms with E-state index >= 15 is 0 Å². The largest absolute Gasteiger partial charge is 0.497 e. The van der Waals surface area contributed by atoms with Gasteiger partial charge in [-0.3, -0.25) is 4.79 Å². The minimum absolute atomic E-state index is 0.318. The first-order valence-corrected chi connectivity index (χ1v) is 6.48. The number of ether oxygens (including phenoxy) is 1. The van der Waals surface area contributed by atoms with Crippen molar-refractivity contribution >= 4 is 17.7 Å². The third-order valence-electron chi connectivity index (χ3n) is 2.96. The Hall–Kier alpha value is -2.62. The summed E-state index contributed by atoms with van der Waals surface area (Å²) < 4.78 is 18.5. The van der Waals surface area contributed by atoms with E-state index in [1.165, 1.54) is 12.1 Å². The molecular weight excluding hydrogens is 269 g/mol. The van der Waals surface area contributed by atoms with Crippen molar-refractivity contribution in [3.63, 3.8) is 0 Å². The van der Waals surface area contributed by atoms with Gasteiger partial charge < -0.3 is 10.1 Å². The molecule has 0 saturated heterocycles. The number of anilines is 1. The Morgan fingerprint density at radius 3 is 2.76 bits per heavy atom. The van der Waals surface area contributed by atoms with Gasteiger partial charge in [-0.1, -0.05) is 18.2 Å². The van der Waals surface area contributed by atoms with Crippen LogP contribution in [-0.4, -0.2) is 13.0 Å². The second kappa shape index (κ2) is 6.70. The predicted octanol–water partition coefficient (Wildman–Crippen LogP) is 3.79. The summed E-state index contributed by atoms with van der Waals surface area (Å²) >= 11 is 0. The van der Waals surface area contributed by atoms with E-state index in [0.717, 1.165) is 11.3 Å². The molecular formula is C17H16FNO2. The van der Waals surface area contributed by atoms with Gasteiger partial charge in [-0.2, -0.15) is 0 Å². The average Bonchev–Trinajstić information content (AvgIpc) is 2.49. The molecule has 0 radical (unpaired) electrons. The first-order valence-electron chi connectivity index (χ1n) is 6.48. The Bertz CT molecular complexity index is 680. The van der Waals surface area contributed by atoms with E-state index in [1.807, 2.05) is 24.3 Å². The van der Waals surface area contributed by atoms with Gasteiger partial charge in [-0.15, -0.1) is 0 Å². The average molecular weight is 285 g/mol. The predicted molar refractivity (Wildman–Crippen MR) is 81.8 cm³/mol. The van der Waals surface area contributed by atoms with Crippen molar-refractivity contribution in [3.05, 3.63) is 65.5 Å². The lowest BCUT2D eigenvalue weighted by molar-refractivity contribution is -0.111. The summed E-state index contributed by atoms with van der Waals surface area (Å²) in [6, 6.07) is 11.9. The maximum Gasteiger partial charge on any atom is 0.248 e. The molecule has 1 N–H and O–H groups in total. The summed E-state index contributed by atoms with van der Waals surface area (Å²) in [6.07, 6.45) is 3.06. The molecule has 0 aliphatic carbocycles. The lowest BCUT2D eigenvalue weighted by atomic mass is 10.2. The van der Waals surface area contributed by atoms with Gasteiger partial charge in [0.2, 0.25) is 5.91 Å². The fourth-order valence-electron chi connectivity index (χ4n) is 1.77. The molecule has 2 aromatic carbocycles. The molecule has 108 valence electrons. The number of aryl methyl sites for hydroxylation is 1. The molecule has 0 fully saturated rings. The van der Waals surface area contributed by atoms with Crippen LogP contribution in [0.25, 0.3) is 6.08 Å². The highest BCUT2D eigenvalue weighted by Crippen LogP contribution is 2.15. The van der Waals surface area contributed by atoms with Gasteiger partial charge >= 0.3 is 0 Å². The van der Waals surface area contributed by atoms with Crippen LogP contribution in [0.4, 0.5) is 10.1 Å². The SMILES string of the molecule is COc1cccc(/C=C/C(=O)Nc2ccc(C)c(F)c2)c1. The lowest BCUT2D eigenvalue weighted by Gasteiger charge is -2.04. The highest BCUT2D eigenvalue weighted by Gasteiger charge is 2.02. The molecule has 0 atom stereocenters. The summed E-state index contributed by atoms with van der Waals surface area (Å²) in [5.41, 5.74) is 1.82. The van der Waals surface area contributed by atoms with Crippen LogP contribution in [0.15, 0.2) is 48.5 Å². The molecule has 0 aromatic heterocycles. The molecule has 0 aliphatic heterocycles. The molecule has 0 unspecified atom stereocenters. The van der Waals surface area contributed by atoms with Gasteiger partial charge in [0.25, 0.3) is 0 Å². The fraction of sp³-hybridized carbons (Fsp3) is 0.118. The summed E-state index contributed by atoms with van der Waals surface area (Å²) in [6.45, 7) is 1.67. The number of carbonyl (C=O) groups is 1. The molecule has 2 aromatic rings. The van der Waals surface area contributed by atoms with Crippen LogP contribution in [0, 0.1) is 12.7 Å². The summed E-state index contributed by atoms with van der Waals surface area (Å²) in [5, 5.41) is 2.61. The summed E-state index contributed by atoms with van der Waals surface area (Å²) in [7, 11) is 1.58. The van der Waals surface area contributed by atoms with Crippen LogP contribution >= 0.6 is 0 Å². The van der Waals surface area contributed by atoms with Crippen LogP contribution in [-0.2, 0) is 4.79 Å². The fourth-order valence-corrected chi connectivity index (χ4v) is 1.77. The molecule has 4 heteroatoms. The Morgan fingerprint density at radius 2 is 2.05 bits per heavy atom. The minimum Gasteiger partial charge on any atom is -0.497 e. The molecule has 0 aliphatic rings. The highest BCUT2D eigenvalue weighted by molar-refractivity contribution is 6.01. The zero-order chi connectivity index (χ0) is 15.2. The van der Waals surface area contributed by atoms with E-state index in [4.69, 9.17) is 4.74 Å². The van der Waals surface area contributed by atoms with E-state index in [0.29, 0.717) is 11.3 Å². The van der Waals surface area contributed by atoms with Crippen molar-refractivity contribution in [1.82, 2.24) is 0 Å². The second-order valence-electron chi connectivity index (χ2n) is 4.56. The van der Waals surface area contributed by atoms with Crippen LogP contribution < -0.4 is 10.1 Å². The van der Waals surface area contributed by atoms with E-state index in [-0.39, 0.29) is 11.7 Å². The molecule has 2 rings (SSSR count). The van der Waals surface area contributed by atoms with Gasteiger partial charge in [-0.05, 0) is 48.4 Å². The summed E-state index contributed by atoms with van der Waals surface area (Å²) in [4.78, 5) is 11.8. The zero-order valence-electron chi connectivity index (χ0n) is 11.9. The molecule has 0 bridgehead atoms. The third kappa shape index (κ3) is 4.18. The number of methoxy groups -OCH3 is 1. The number of amides is 1. The number of nitrogens with one attached hydrogen (secondary N) is 1. The molecule has 1 amide bonds. The van der Waals surface area contributed by atoms with Crippen molar-refractivity contribution in [2.45, 2.75) is 6.92 Å². The van der Waals surface area contributed by atoms with Gasteiger partial charge in [0.1, 0.15) is 11.6 Å². The van der Waals surface area contributed by atoms with Crippen LogP contribution in [0.2, 0.25) is 0 Å². The van der Waals surface area contributed by atoms with Crippen molar-refractivity contribution in [3.8, 4) is 5.75 Å². The Labute approximate surface area is 123 Å². The smallest absolute Gasteiger partial charge is 0.248 e. The van der Waals surface area contributed by atoms with E-state index in [1.54, 1.807) is 32.2 Å². The number of hydrogen-bond acceptors (Lipinski definition) is 2. The van der Waals surface area contributed by atoms with E-state index < -0.39 is 0 Å². The van der Waals surface area contributed by atoms with E-state index in [9.17, 15) is 9.18 Å². The van der Waals surface area contributed by atoms with Crippen molar-refractivity contribution in [2.75, 3.05) is 12.4 Å². The van der Waals surface area contributed by atoms with Gasteiger partial charge in [0.05, 0.1) is 7.11 Å². The molecule has 21 heavy (non-hydrogen) atoms. The van der Waals surface area contributed by atoms with Crippen molar-refractivity contribution in [1.29, 1.82) is 0 Å².